The Morgan fingerprint density at radius 2 is 1.56 bits per heavy atom. The van der Waals surface area contributed by atoms with Gasteiger partial charge in [-0.1, -0.05) is 0 Å². The van der Waals surface area contributed by atoms with Crippen LogP contribution in [-0.2, 0) is 9.53 Å². The van der Waals surface area contributed by atoms with Gasteiger partial charge in [-0.2, -0.15) is 0 Å². The van der Waals surface area contributed by atoms with Gasteiger partial charge in [-0.05, 0) is 62.4 Å². The molecule has 132 valence electrons. The van der Waals surface area contributed by atoms with E-state index in [9.17, 15) is 9.59 Å². The number of rotatable bonds is 7. The van der Waals surface area contributed by atoms with E-state index in [4.69, 9.17) is 14.2 Å². The minimum absolute atomic E-state index is 0.0550. The van der Waals surface area contributed by atoms with Crippen LogP contribution >= 0.6 is 0 Å². The number of anilines is 1. The fraction of sp³-hybridized carbons (Fsp3) is 0.263. The fourth-order valence-corrected chi connectivity index (χ4v) is 2.03. The highest BCUT2D eigenvalue weighted by molar-refractivity contribution is 5.95. The van der Waals surface area contributed by atoms with Crippen LogP contribution < -0.4 is 14.8 Å². The van der Waals surface area contributed by atoms with Crippen LogP contribution in [0.4, 0.5) is 5.69 Å². The van der Waals surface area contributed by atoms with Crippen molar-refractivity contribution in [2.75, 3.05) is 19.0 Å². The van der Waals surface area contributed by atoms with Crippen molar-refractivity contribution in [2.45, 2.75) is 20.0 Å². The minimum atomic E-state index is -0.569. The van der Waals surface area contributed by atoms with Crippen LogP contribution in [0, 0.1) is 0 Å². The molecule has 0 radical (unpaired) electrons. The SMILES string of the molecule is COc1ccc(NC(=O)COC(=O)c2ccc(OC(C)C)cc2)cc1. The molecular formula is C19H21NO5. The zero-order chi connectivity index (χ0) is 18.2. The molecule has 0 heterocycles. The maximum atomic E-state index is 12.0. The van der Waals surface area contributed by atoms with Gasteiger partial charge in [0.1, 0.15) is 11.5 Å². The lowest BCUT2D eigenvalue weighted by atomic mass is 10.2. The van der Waals surface area contributed by atoms with E-state index in [1.54, 1.807) is 55.6 Å². The molecule has 6 heteroatoms. The second kappa shape index (κ2) is 8.73. The van der Waals surface area contributed by atoms with Gasteiger partial charge in [0.2, 0.25) is 0 Å². The molecular weight excluding hydrogens is 322 g/mol. The molecule has 0 aliphatic heterocycles. The summed E-state index contributed by atoms with van der Waals surface area (Å²) in [5.74, 6) is 0.373. The molecule has 0 aliphatic carbocycles. The highest BCUT2D eigenvalue weighted by Crippen LogP contribution is 2.16. The maximum absolute atomic E-state index is 12.0. The summed E-state index contributed by atoms with van der Waals surface area (Å²) in [6.45, 7) is 3.47. The molecule has 0 saturated heterocycles. The highest BCUT2D eigenvalue weighted by atomic mass is 16.5. The standard InChI is InChI=1S/C19H21NO5/c1-13(2)25-17-8-4-14(5-9-17)19(22)24-12-18(21)20-15-6-10-16(23-3)11-7-15/h4-11,13H,12H2,1-3H3,(H,20,21). The van der Waals surface area contributed by atoms with Crippen LogP contribution in [0.25, 0.3) is 0 Å². The Labute approximate surface area is 146 Å². The molecule has 0 fully saturated rings. The van der Waals surface area contributed by atoms with Crippen LogP contribution in [0.5, 0.6) is 11.5 Å². The zero-order valence-corrected chi connectivity index (χ0v) is 14.4. The molecule has 2 rings (SSSR count). The molecule has 0 spiro atoms. The largest absolute Gasteiger partial charge is 0.497 e. The first-order chi connectivity index (χ1) is 12.0. The van der Waals surface area contributed by atoms with E-state index in [1.165, 1.54) is 0 Å². The first kappa shape index (κ1) is 18.3. The summed E-state index contributed by atoms with van der Waals surface area (Å²) in [4.78, 5) is 23.8. The smallest absolute Gasteiger partial charge is 0.338 e. The second-order valence-corrected chi connectivity index (χ2v) is 5.54. The summed E-state index contributed by atoms with van der Waals surface area (Å²) in [7, 11) is 1.56. The third-order valence-corrected chi connectivity index (χ3v) is 3.17. The van der Waals surface area contributed by atoms with Crippen molar-refractivity contribution in [1.29, 1.82) is 0 Å². The third kappa shape index (κ3) is 5.84. The van der Waals surface area contributed by atoms with E-state index < -0.39 is 11.9 Å². The van der Waals surface area contributed by atoms with E-state index >= 15 is 0 Å². The number of methoxy groups -OCH3 is 1. The summed E-state index contributed by atoms with van der Waals surface area (Å²) >= 11 is 0. The average molecular weight is 343 g/mol. The lowest BCUT2D eigenvalue weighted by Crippen LogP contribution is -2.20. The summed E-state index contributed by atoms with van der Waals surface area (Å²) in [6, 6.07) is 13.4. The van der Waals surface area contributed by atoms with Crippen LogP contribution in [0.15, 0.2) is 48.5 Å². The van der Waals surface area contributed by atoms with Crippen LogP contribution in [0.1, 0.15) is 24.2 Å². The molecule has 1 N–H and O–H groups in total. The summed E-state index contributed by atoms with van der Waals surface area (Å²) in [5.41, 5.74) is 0.949. The van der Waals surface area contributed by atoms with E-state index in [-0.39, 0.29) is 12.7 Å². The third-order valence-electron chi connectivity index (χ3n) is 3.17. The van der Waals surface area contributed by atoms with E-state index in [1.807, 2.05) is 13.8 Å². The Morgan fingerprint density at radius 1 is 0.960 bits per heavy atom. The van der Waals surface area contributed by atoms with Gasteiger partial charge in [-0.25, -0.2) is 4.79 Å². The predicted octanol–water partition coefficient (Wildman–Crippen LogP) is 3.28. The summed E-state index contributed by atoms with van der Waals surface area (Å²) in [5, 5.41) is 2.64. The first-order valence-electron chi connectivity index (χ1n) is 7.85. The number of nitrogens with one attached hydrogen (secondary N) is 1. The minimum Gasteiger partial charge on any atom is -0.497 e. The maximum Gasteiger partial charge on any atom is 0.338 e. The van der Waals surface area contributed by atoms with E-state index in [0.717, 1.165) is 0 Å². The predicted molar refractivity (Wildman–Crippen MR) is 94.1 cm³/mol. The molecule has 0 aromatic heterocycles. The van der Waals surface area contributed by atoms with Crippen molar-refractivity contribution in [1.82, 2.24) is 0 Å². The Hall–Kier alpha value is -3.02. The normalized spacial score (nSPS) is 10.2. The highest BCUT2D eigenvalue weighted by Gasteiger charge is 2.11. The number of carbonyl (C=O) groups excluding carboxylic acids is 2. The van der Waals surface area contributed by atoms with Gasteiger partial charge in [0.15, 0.2) is 6.61 Å². The lowest BCUT2D eigenvalue weighted by molar-refractivity contribution is -0.119. The van der Waals surface area contributed by atoms with Gasteiger partial charge in [0.05, 0.1) is 18.8 Å². The monoisotopic (exact) mass is 343 g/mol. The number of hydrogen-bond donors (Lipinski definition) is 1. The molecule has 0 aliphatic rings. The molecule has 2 aromatic carbocycles. The topological polar surface area (TPSA) is 73.9 Å². The number of ether oxygens (including phenoxy) is 3. The van der Waals surface area contributed by atoms with Crippen molar-refractivity contribution >= 4 is 17.6 Å². The number of carbonyl (C=O) groups is 2. The van der Waals surface area contributed by atoms with Gasteiger partial charge in [0.25, 0.3) is 5.91 Å². The fourth-order valence-electron chi connectivity index (χ4n) is 2.03. The molecule has 2 aromatic rings. The van der Waals surface area contributed by atoms with Crippen molar-refractivity contribution in [2.24, 2.45) is 0 Å². The van der Waals surface area contributed by atoms with Gasteiger partial charge < -0.3 is 19.5 Å². The Morgan fingerprint density at radius 3 is 2.12 bits per heavy atom. The molecule has 0 atom stereocenters. The summed E-state index contributed by atoms with van der Waals surface area (Å²) < 4.78 is 15.6. The van der Waals surface area contributed by atoms with Crippen molar-refractivity contribution in [3.8, 4) is 11.5 Å². The van der Waals surface area contributed by atoms with Crippen LogP contribution in [-0.4, -0.2) is 31.7 Å². The van der Waals surface area contributed by atoms with Crippen molar-refractivity contribution in [3.05, 3.63) is 54.1 Å². The number of esters is 1. The Kier molecular flexibility index (Phi) is 6.39. The first-order valence-corrected chi connectivity index (χ1v) is 7.85. The molecule has 6 nitrogen and oxygen atoms in total. The van der Waals surface area contributed by atoms with Crippen molar-refractivity contribution < 1.29 is 23.8 Å². The van der Waals surface area contributed by atoms with E-state index in [2.05, 4.69) is 5.32 Å². The van der Waals surface area contributed by atoms with Crippen molar-refractivity contribution in [3.63, 3.8) is 0 Å². The van der Waals surface area contributed by atoms with Crippen LogP contribution in [0.2, 0.25) is 0 Å². The number of benzene rings is 2. The Balaban J connectivity index is 1.83. The Bertz CT molecular complexity index is 708. The number of hydrogen-bond acceptors (Lipinski definition) is 5. The molecule has 25 heavy (non-hydrogen) atoms. The molecule has 0 bridgehead atoms. The summed E-state index contributed by atoms with van der Waals surface area (Å²) in [6.07, 6.45) is 0.0550. The van der Waals surface area contributed by atoms with E-state index in [0.29, 0.717) is 22.7 Å². The molecule has 0 saturated carbocycles. The zero-order valence-electron chi connectivity index (χ0n) is 14.4. The van der Waals surface area contributed by atoms with Crippen LogP contribution in [0.3, 0.4) is 0 Å². The molecule has 0 unspecified atom stereocenters. The quantitative estimate of drug-likeness (QED) is 0.781. The molecule has 1 amide bonds. The van der Waals surface area contributed by atoms with Gasteiger partial charge in [-0.3, -0.25) is 4.79 Å². The average Bonchev–Trinajstić information content (AvgIpc) is 2.60. The second-order valence-electron chi connectivity index (χ2n) is 5.54. The van der Waals surface area contributed by atoms with Gasteiger partial charge in [0, 0.05) is 5.69 Å². The van der Waals surface area contributed by atoms with Gasteiger partial charge in [-0.15, -0.1) is 0 Å². The van der Waals surface area contributed by atoms with Gasteiger partial charge >= 0.3 is 5.97 Å². The lowest BCUT2D eigenvalue weighted by Gasteiger charge is -2.10. The number of amides is 1.